The summed E-state index contributed by atoms with van der Waals surface area (Å²) in [5, 5.41) is 0. The Hall–Kier alpha value is -0.170. The van der Waals surface area contributed by atoms with Crippen molar-refractivity contribution in [2.24, 2.45) is 5.92 Å². The van der Waals surface area contributed by atoms with Gasteiger partial charge in [0, 0.05) is 25.7 Å². The van der Waals surface area contributed by atoms with E-state index in [-0.39, 0.29) is 11.8 Å². The summed E-state index contributed by atoms with van der Waals surface area (Å²) in [5.41, 5.74) is 0. The molecule has 0 aromatic rings. The lowest BCUT2D eigenvalue weighted by atomic mass is 10.1. The molecule has 1 saturated carbocycles. The average Bonchev–Trinajstić information content (AvgIpc) is 3.19. The van der Waals surface area contributed by atoms with Gasteiger partial charge >= 0.3 is 0 Å². The number of nitrogens with one attached hydrogen (secondary N) is 1. The number of nitrogens with zero attached hydrogens (tertiary/aromatic N) is 2. The molecule has 1 aliphatic carbocycles. The van der Waals surface area contributed by atoms with E-state index in [9.17, 15) is 8.42 Å². The molecule has 0 amide bonds. The molecule has 128 valence electrons. The number of rotatable bonds is 7. The fourth-order valence-electron chi connectivity index (χ4n) is 4.22. The van der Waals surface area contributed by atoms with Crippen molar-refractivity contribution >= 4 is 10.0 Å². The van der Waals surface area contributed by atoms with Crippen LogP contribution in [0.15, 0.2) is 0 Å². The van der Waals surface area contributed by atoms with Crippen LogP contribution in [0, 0.1) is 5.92 Å². The van der Waals surface area contributed by atoms with Gasteiger partial charge < -0.3 is 9.80 Å². The van der Waals surface area contributed by atoms with Gasteiger partial charge in [-0.2, -0.15) is 0 Å². The summed E-state index contributed by atoms with van der Waals surface area (Å²) in [6, 6.07) is 0.130. The Kier molecular flexibility index (Phi) is 5.76. The second-order valence-corrected chi connectivity index (χ2v) is 9.25. The van der Waals surface area contributed by atoms with E-state index in [4.69, 9.17) is 0 Å². The highest BCUT2D eigenvalue weighted by molar-refractivity contribution is 7.89. The molecule has 0 radical (unpaired) electrons. The largest absolute Gasteiger partial charge is 0.302 e. The van der Waals surface area contributed by atoms with Gasteiger partial charge in [-0.3, -0.25) is 0 Å². The van der Waals surface area contributed by atoms with Crippen molar-refractivity contribution in [3.8, 4) is 0 Å². The summed E-state index contributed by atoms with van der Waals surface area (Å²) in [6.45, 7) is 5.94. The minimum absolute atomic E-state index is 0.130. The molecule has 3 rings (SSSR count). The van der Waals surface area contributed by atoms with Crippen molar-refractivity contribution in [3.63, 3.8) is 0 Å². The Morgan fingerprint density at radius 3 is 2.36 bits per heavy atom. The van der Waals surface area contributed by atoms with Crippen LogP contribution in [0.25, 0.3) is 0 Å². The molecule has 0 unspecified atom stereocenters. The highest BCUT2D eigenvalue weighted by Crippen LogP contribution is 2.26. The van der Waals surface area contributed by atoms with Crippen LogP contribution >= 0.6 is 0 Å². The minimum atomic E-state index is -3.12. The Labute approximate surface area is 135 Å². The van der Waals surface area contributed by atoms with Crippen molar-refractivity contribution in [1.29, 1.82) is 0 Å². The molecule has 6 heteroatoms. The molecule has 1 N–H and O–H groups in total. The van der Waals surface area contributed by atoms with Crippen LogP contribution in [0.1, 0.15) is 44.9 Å². The molecule has 3 fully saturated rings. The fraction of sp³-hybridized carbons (Fsp3) is 1.00. The Morgan fingerprint density at radius 1 is 0.909 bits per heavy atom. The molecule has 0 aromatic carbocycles. The first-order valence-electron chi connectivity index (χ1n) is 9.05. The van der Waals surface area contributed by atoms with E-state index in [1.54, 1.807) is 0 Å². The molecule has 0 aromatic heterocycles. The van der Waals surface area contributed by atoms with Gasteiger partial charge in [0.1, 0.15) is 0 Å². The Morgan fingerprint density at radius 2 is 1.64 bits per heavy atom. The lowest BCUT2D eigenvalue weighted by molar-refractivity contribution is 0.275. The SMILES string of the molecule is O=S(=O)(CCN1CCCC1)N[C@H]1CCN(CC2CCCC2)C1. The average molecular weight is 330 g/mol. The summed E-state index contributed by atoms with van der Waals surface area (Å²) < 4.78 is 27.4. The zero-order chi connectivity index (χ0) is 15.4. The summed E-state index contributed by atoms with van der Waals surface area (Å²) in [6.07, 6.45) is 8.88. The predicted octanol–water partition coefficient (Wildman–Crippen LogP) is 1.27. The third kappa shape index (κ3) is 4.91. The monoisotopic (exact) mass is 329 g/mol. The molecular formula is C16H31N3O2S. The van der Waals surface area contributed by atoms with E-state index in [0.29, 0.717) is 6.54 Å². The third-order valence-electron chi connectivity index (χ3n) is 5.48. The van der Waals surface area contributed by atoms with Crippen LogP contribution in [-0.2, 0) is 10.0 Å². The zero-order valence-corrected chi connectivity index (χ0v) is 14.5. The highest BCUT2D eigenvalue weighted by Gasteiger charge is 2.28. The topological polar surface area (TPSA) is 52.7 Å². The van der Waals surface area contributed by atoms with Gasteiger partial charge in [-0.15, -0.1) is 0 Å². The summed E-state index contributed by atoms with van der Waals surface area (Å²) >= 11 is 0. The second kappa shape index (κ2) is 7.60. The second-order valence-electron chi connectivity index (χ2n) is 7.38. The lowest BCUT2D eigenvalue weighted by Crippen LogP contribution is -2.41. The van der Waals surface area contributed by atoms with E-state index < -0.39 is 10.0 Å². The number of likely N-dealkylation sites (tertiary alicyclic amines) is 2. The zero-order valence-electron chi connectivity index (χ0n) is 13.7. The molecule has 2 aliphatic heterocycles. The maximum atomic E-state index is 12.2. The van der Waals surface area contributed by atoms with E-state index >= 15 is 0 Å². The maximum absolute atomic E-state index is 12.2. The lowest BCUT2D eigenvalue weighted by Gasteiger charge is -2.20. The smallest absolute Gasteiger partial charge is 0.213 e. The van der Waals surface area contributed by atoms with E-state index in [1.807, 2.05) is 0 Å². The predicted molar refractivity (Wildman–Crippen MR) is 89.4 cm³/mol. The number of hydrogen-bond donors (Lipinski definition) is 1. The standard InChI is InChI=1S/C16H31N3O2S/c20-22(21,12-11-18-8-3-4-9-18)17-16-7-10-19(14-16)13-15-5-1-2-6-15/h15-17H,1-14H2/t16-/m0/s1. The van der Waals surface area contributed by atoms with Crippen molar-refractivity contribution in [1.82, 2.24) is 14.5 Å². The van der Waals surface area contributed by atoms with Crippen molar-refractivity contribution in [3.05, 3.63) is 0 Å². The first kappa shape index (κ1) is 16.7. The fourth-order valence-corrected chi connectivity index (χ4v) is 5.54. The van der Waals surface area contributed by atoms with Gasteiger partial charge in [0.2, 0.25) is 10.0 Å². The van der Waals surface area contributed by atoms with Gasteiger partial charge in [0.05, 0.1) is 5.75 Å². The first-order chi connectivity index (χ1) is 10.6. The normalized spacial score (nSPS) is 28.8. The minimum Gasteiger partial charge on any atom is -0.302 e. The van der Waals surface area contributed by atoms with Gasteiger partial charge in [0.15, 0.2) is 0 Å². The van der Waals surface area contributed by atoms with Crippen molar-refractivity contribution in [2.45, 2.75) is 51.0 Å². The van der Waals surface area contributed by atoms with Crippen LogP contribution in [0.5, 0.6) is 0 Å². The van der Waals surface area contributed by atoms with Crippen molar-refractivity contribution in [2.75, 3.05) is 45.0 Å². The molecule has 3 aliphatic rings. The number of sulfonamides is 1. The van der Waals surface area contributed by atoms with Crippen LogP contribution < -0.4 is 4.72 Å². The highest BCUT2D eigenvalue weighted by atomic mass is 32.2. The molecule has 1 atom stereocenters. The molecule has 2 heterocycles. The summed E-state index contributed by atoms with van der Waals surface area (Å²) in [5.74, 6) is 1.11. The first-order valence-corrected chi connectivity index (χ1v) is 10.7. The van der Waals surface area contributed by atoms with Crippen LogP contribution in [-0.4, -0.2) is 69.3 Å². The molecule has 5 nitrogen and oxygen atoms in total. The number of hydrogen-bond acceptors (Lipinski definition) is 4. The van der Waals surface area contributed by atoms with Crippen LogP contribution in [0.4, 0.5) is 0 Å². The van der Waals surface area contributed by atoms with Crippen molar-refractivity contribution < 1.29 is 8.42 Å². The molecule has 2 saturated heterocycles. The quantitative estimate of drug-likeness (QED) is 0.764. The van der Waals surface area contributed by atoms with Gasteiger partial charge in [-0.25, -0.2) is 13.1 Å². The molecule has 22 heavy (non-hydrogen) atoms. The Bertz CT molecular complexity index is 442. The molecule has 0 spiro atoms. The van der Waals surface area contributed by atoms with E-state index in [0.717, 1.165) is 38.5 Å². The van der Waals surface area contributed by atoms with Crippen LogP contribution in [0.3, 0.4) is 0 Å². The third-order valence-corrected chi connectivity index (χ3v) is 6.90. The van der Waals surface area contributed by atoms with Gasteiger partial charge in [-0.05, 0) is 57.7 Å². The maximum Gasteiger partial charge on any atom is 0.213 e. The van der Waals surface area contributed by atoms with E-state index in [2.05, 4.69) is 14.5 Å². The van der Waals surface area contributed by atoms with E-state index in [1.165, 1.54) is 45.1 Å². The van der Waals surface area contributed by atoms with Gasteiger partial charge in [0.25, 0.3) is 0 Å². The summed E-state index contributed by atoms with van der Waals surface area (Å²) in [7, 11) is -3.12. The summed E-state index contributed by atoms with van der Waals surface area (Å²) in [4.78, 5) is 4.73. The molecular weight excluding hydrogens is 298 g/mol. The van der Waals surface area contributed by atoms with Gasteiger partial charge in [-0.1, -0.05) is 12.8 Å². The Balaban J connectivity index is 1.38. The molecule has 0 bridgehead atoms. The van der Waals surface area contributed by atoms with Crippen LogP contribution in [0.2, 0.25) is 0 Å².